The third-order valence-corrected chi connectivity index (χ3v) is 1.72. The van der Waals surface area contributed by atoms with Crippen LogP contribution in [0, 0.1) is 6.92 Å². The van der Waals surface area contributed by atoms with Crippen LogP contribution in [0.1, 0.15) is 17.4 Å². The highest BCUT2D eigenvalue weighted by molar-refractivity contribution is 5.17. The summed E-state index contributed by atoms with van der Waals surface area (Å²) >= 11 is 0. The van der Waals surface area contributed by atoms with Gasteiger partial charge in [-0.15, -0.1) is 0 Å². The summed E-state index contributed by atoms with van der Waals surface area (Å²) in [5.74, 6) is 0. The van der Waals surface area contributed by atoms with Crippen molar-refractivity contribution in [2.75, 3.05) is 6.54 Å². The SMILES string of the molecule is Cc1cnn(C)c1[C@H](O)CN. The second kappa shape index (κ2) is 3.02. The van der Waals surface area contributed by atoms with E-state index in [4.69, 9.17) is 5.73 Å². The minimum atomic E-state index is -0.595. The van der Waals surface area contributed by atoms with Crippen molar-refractivity contribution in [1.29, 1.82) is 0 Å². The molecule has 0 unspecified atom stereocenters. The Bertz CT molecular complexity index is 224. The summed E-state index contributed by atoms with van der Waals surface area (Å²) in [6.45, 7) is 2.14. The molecule has 0 aliphatic rings. The van der Waals surface area contributed by atoms with Gasteiger partial charge in [-0.05, 0) is 12.5 Å². The van der Waals surface area contributed by atoms with Gasteiger partial charge in [0.15, 0.2) is 0 Å². The zero-order valence-corrected chi connectivity index (χ0v) is 6.78. The van der Waals surface area contributed by atoms with Crippen molar-refractivity contribution in [3.8, 4) is 0 Å². The largest absolute Gasteiger partial charge is 0.385 e. The van der Waals surface area contributed by atoms with Gasteiger partial charge < -0.3 is 10.8 Å². The molecule has 0 bridgehead atoms. The van der Waals surface area contributed by atoms with Crippen LogP contribution in [0.15, 0.2) is 6.20 Å². The van der Waals surface area contributed by atoms with Crippen LogP contribution in [-0.4, -0.2) is 21.4 Å². The standard InChI is InChI=1S/C7H13N3O/c1-5-4-9-10(2)7(5)6(11)3-8/h4,6,11H,3,8H2,1-2H3/t6-/m1/s1. The molecule has 1 atom stereocenters. The highest BCUT2D eigenvalue weighted by atomic mass is 16.3. The van der Waals surface area contributed by atoms with Crippen molar-refractivity contribution in [3.63, 3.8) is 0 Å². The van der Waals surface area contributed by atoms with Gasteiger partial charge in [0.1, 0.15) is 6.10 Å². The van der Waals surface area contributed by atoms with Crippen LogP contribution in [0.5, 0.6) is 0 Å². The number of aryl methyl sites for hydroxylation is 2. The van der Waals surface area contributed by atoms with E-state index in [0.717, 1.165) is 11.3 Å². The van der Waals surface area contributed by atoms with Crippen LogP contribution < -0.4 is 5.73 Å². The molecule has 0 fully saturated rings. The van der Waals surface area contributed by atoms with Gasteiger partial charge in [0.2, 0.25) is 0 Å². The van der Waals surface area contributed by atoms with E-state index in [1.54, 1.807) is 17.9 Å². The summed E-state index contributed by atoms with van der Waals surface area (Å²) in [6, 6.07) is 0. The molecule has 1 rings (SSSR count). The number of hydrogen-bond donors (Lipinski definition) is 2. The van der Waals surface area contributed by atoms with E-state index in [1.807, 2.05) is 6.92 Å². The molecule has 4 nitrogen and oxygen atoms in total. The molecule has 11 heavy (non-hydrogen) atoms. The van der Waals surface area contributed by atoms with Crippen molar-refractivity contribution in [2.24, 2.45) is 12.8 Å². The fourth-order valence-electron chi connectivity index (χ4n) is 1.15. The molecular weight excluding hydrogens is 142 g/mol. The molecule has 62 valence electrons. The molecule has 1 aromatic heterocycles. The van der Waals surface area contributed by atoms with Crippen LogP contribution in [0.3, 0.4) is 0 Å². The summed E-state index contributed by atoms with van der Waals surface area (Å²) < 4.78 is 1.65. The Morgan fingerprint density at radius 1 is 1.82 bits per heavy atom. The summed E-state index contributed by atoms with van der Waals surface area (Å²) in [6.07, 6.45) is 1.12. The van der Waals surface area contributed by atoms with Gasteiger partial charge in [-0.1, -0.05) is 0 Å². The smallest absolute Gasteiger partial charge is 0.108 e. The lowest BCUT2D eigenvalue weighted by atomic mass is 10.2. The van der Waals surface area contributed by atoms with Gasteiger partial charge in [0, 0.05) is 13.6 Å². The molecule has 0 saturated carbocycles. The lowest BCUT2D eigenvalue weighted by Crippen LogP contribution is -2.15. The Balaban J connectivity index is 3.00. The Kier molecular flexibility index (Phi) is 2.26. The summed E-state index contributed by atoms with van der Waals surface area (Å²) in [4.78, 5) is 0. The van der Waals surface area contributed by atoms with Gasteiger partial charge in [0.25, 0.3) is 0 Å². The first-order chi connectivity index (χ1) is 5.16. The molecule has 3 N–H and O–H groups in total. The molecule has 0 radical (unpaired) electrons. The fraction of sp³-hybridized carbons (Fsp3) is 0.571. The van der Waals surface area contributed by atoms with Crippen LogP contribution in [0.4, 0.5) is 0 Å². The fourth-order valence-corrected chi connectivity index (χ4v) is 1.15. The van der Waals surface area contributed by atoms with Gasteiger partial charge in [-0.25, -0.2) is 0 Å². The highest BCUT2D eigenvalue weighted by Crippen LogP contribution is 2.14. The maximum absolute atomic E-state index is 9.39. The number of rotatable bonds is 2. The summed E-state index contributed by atoms with van der Waals surface area (Å²) in [5.41, 5.74) is 7.09. The minimum absolute atomic E-state index is 0.236. The molecular formula is C7H13N3O. The van der Waals surface area contributed by atoms with Gasteiger partial charge >= 0.3 is 0 Å². The number of nitrogens with zero attached hydrogens (tertiary/aromatic N) is 2. The lowest BCUT2D eigenvalue weighted by molar-refractivity contribution is 0.176. The van der Waals surface area contributed by atoms with E-state index >= 15 is 0 Å². The maximum atomic E-state index is 9.39. The van der Waals surface area contributed by atoms with Crippen molar-refractivity contribution in [2.45, 2.75) is 13.0 Å². The van der Waals surface area contributed by atoms with E-state index in [1.165, 1.54) is 0 Å². The Hall–Kier alpha value is -0.870. The normalized spacial score (nSPS) is 13.5. The quantitative estimate of drug-likeness (QED) is 0.617. The molecule has 0 spiro atoms. The zero-order chi connectivity index (χ0) is 8.43. The topological polar surface area (TPSA) is 64.1 Å². The van der Waals surface area contributed by atoms with Gasteiger partial charge in [-0.2, -0.15) is 5.10 Å². The molecule has 4 heteroatoms. The predicted molar refractivity (Wildman–Crippen MR) is 42.0 cm³/mol. The molecule has 0 aliphatic heterocycles. The Morgan fingerprint density at radius 2 is 2.45 bits per heavy atom. The van der Waals surface area contributed by atoms with E-state index in [-0.39, 0.29) is 6.54 Å². The molecule has 0 aromatic carbocycles. The van der Waals surface area contributed by atoms with E-state index in [9.17, 15) is 5.11 Å². The van der Waals surface area contributed by atoms with Gasteiger partial charge in [-0.3, -0.25) is 4.68 Å². The molecule has 0 saturated heterocycles. The Morgan fingerprint density at radius 3 is 2.82 bits per heavy atom. The number of aromatic nitrogens is 2. The lowest BCUT2D eigenvalue weighted by Gasteiger charge is -2.08. The summed E-state index contributed by atoms with van der Waals surface area (Å²) in [7, 11) is 1.79. The summed E-state index contributed by atoms with van der Waals surface area (Å²) in [5, 5.41) is 13.4. The molecule has 1 aromatic rings. The van der Waals surface area contributed by atoms with Crippen molar-refractivity contribution >= 4 is 0 Å². The first-order valence-corrected chi connectivity index (χ1v) is 3.53. The van der Waals surface area contributed by atoms with Crippen LogP contribution >= 0.6 is 0 Å². The predicted octanol–water partition coefficient (Wildman–Crippen LogP) is -0.279. The maximum Gasteiger partial charge on any atom is 0.108 e. The number of aliphatic hydroxyl groups excluding tert-OH is 1. The third kappa shape index (κ3) is 1.41. The second-order valence-corrected chi connectivity index (χ2v) is 2.59. The molecule has 1 heterocycles. The highest BCUT2D eigenvalue weighted by Gasteiger charge is 2.12. The van der Waals surface area contributed by atoms with Crippen molar-refractivity contribution in [1.82, 2.24) is 9.78 Å². The first kappa shape index (κ1) is 8.23. The second-order valence-electron chi connectivity index (χ2n) is 2.59. The monoisotopic (exact) mass is 155 g/mol. The van der Waals surface area contributed by atoms with Gasteiger partial charge in [0.05, 0.1) is 11.9 Å². The molecule has 0 aliphatic carbocycles. The number of aliphatic hydroxyl groups is 1. The average molecular weight is 155 g/mol. The molecule has 0 amide bonds. The first-order valence-electron chi connectivity index (χ1n) is 3.53. The van der Waals surface area contributed by atoms with Crippen molar-refractivity contribution < 1.29 is 5.11 Å². The van der Waals surface area contributed by atoms with Crippen molar-refractivity contribution in [3.05, 3.63) is 17.5 Å². The van der Waals surface area contributed by atoms with Crippen LogP contribution in [-0.2, 0) is 7.05 Å². The number of nitrogens with two attached hydrogens (primary N) is 1. The zero-order valence-electron chi connectivity index (χ0n) is 6.78. The van der Waals surface area contributed by atoms with Crippen LogP contribution in [0.2, 0.25) is 0 Å². The average Bonchev–Trinajstić information content (AvgIpc) is 2.30. The van der Waals surface area contributed by atoms with E-state index < -0.39 is 6.10 Å². The van der Waals surface area contributed by atoms with E-state index in [0.29, 0.717) is 0 Å². The minimum Gasteiger partial charge on any atom is -0.385 e. The van der Waals surface area contributed by atoms with Crippen LogP contribution in [0.25, 0.3) is 0 Å². The number of hydrogen-bond acceptors (Lipinski definition) is 3. The third-order valence-electron chi connectivity index (χ3n) is 1.72. The Labute approximate surface area is 65.6 Å². The van der Waals surface area contributed by atoms with E-state index in [2.05, 4.69) is 5.10 Å².